The van der Waals surface area contributed by atoms with Crippen LogP contribution in [0.25, 0.3) is 0 Å². The van der Waals surface area contributed by atoms with Gasteiger partial charge in [-0.1, -0.05) is 213 Å². The van der Waals surface area contributed by atoms with Crippen molar-refractivity contribution >= 4 is 23.9 Å². The van der Waals surface area contributed by atoms with Gasteiger partial charge >= 0.3 is 23.9 Å². The van der Waals surface area contributed by atoms with E-state index in [4.69, 9.17) is 23.7 Å². The molecule has 1 aliphatic rings. The largest absolute Gasteiger partial charge is 0.479 e. The highest BCUT2D eigenvalue weighted by Crippen LogP contribution is 2.26. The molecule has 1 aliphatic heterocycles. The Hall–Kier alpha value is -4.88. The van der Waals surface area contributed by atoms with Crippen LogP contribution in [-0.4, -0.2) is 89.2 Å². The normalized spacial score (nSPS) is 18.6. The number of aliphatic hydroxyl groups excluding tert-OH is 2. The van der Waals surface area contributed by atoms with Crippen molar-refractivity contribution < 1.29 is 58.2 Å². The van der Waals surface area contributed by atoms with Crippen molar-refractivity contribution in [1.29, 1.82) is 0 Å². The average molecular weight is 1130 g/mol. The Morgan fingerprint density at radius 2 is 0.778 bits per heavy atom. The van der Waals surface area contributed by atoms with Gasteiger partial charge in [0.1, 0.15) is 18.8 Å². The van der Waals surface area contributed by atoms with Gasteiger partial charge in [-0.25, -0.2) is 4.79 Å². The number of ether oxygens (including phenoxy) is 5. The highest BCUT2D eigenvalue weighted by Gasteiger charge is 2.50. The molecule has 0 amide bonds. The lowest BCUT2D eigenvalue weighted by Gasteiger charge is -2.40. The van der Waals surface area contributed by atoms with Crippen molar-refractivity contribution in [2.45, 2.75) is 276 Å². The molecule has 81 heavy (non-hydrogen) atoms. The molecule has 1 saturated heterocycles. The van der Waals surface area contributed by atoms with Crippen molar-refractivity contribution in [1.82, 2.24) is 0 Å². The fourth-order valence-electron chi connectivity index (χ4n) is 8.73. The van der Waals surface area contributed by atoms with E-state index >= 15 is 0 Å². The number of carbonyl (C=O) groups is 4. The topological polar surface area (TPSA) is 175 Å². The third kappa shape index (κ3) is 45.3. The Labute approximate surface area is 490 Å². The molecule has 3 N–H and O–H groups in total. The van der Waals surface area contributed by atoms with Gasteiger partial charge in [0.25, 0.3) is 0 Å². The average Bonchev–Trinajstić information content (AvgIpc) is 3.46. The number of carboxylic acids is 1. The summed E-state index contributed by atoms with van der Waals surface area (Å²) in [6, 6.07) is 0. The van der Waals surface area contributed by atoms with Crippen LogP contribution in [0.15, 0.2) is 122 Å². The second kappa shape index (κ2) is 55.6. The molecule has 0 aliphatic carbocycles. The van der Waals surface area contributed by atoms with E-state index in [1.165, 1.54) is 25.7 Å². The van der Waals surface area contributed by atoms with Crippen LogP contribution in [0.3, 0.4) is 0 Å². The third-order valence-electron chi connectivity index (χ3n) is 13.5. The van der Waals surface area contributed by atoms with Crippen molar-refractivity contribution in [3.8, 4) is 0 Å². The van der Waals surface area contributed by atoms with E-state index in [0.29, 0.717) is 19.3 Å². The van der Waals surface area contributed by atoms with Gasteiger partial charge in [0.2, 0.25) is 0 Å². The van der Waals surface area contributed by atoms with Crippen LogP contribution in [0.4, 0.5) is 0 Å². The first-order chi connectivity index (χ1) is 39.6. The molecule has 0 bridgehead atoms. The van der Waals surface area contributed by atoms with Crippen molar-refractivity contribution in [3.63, 3.8) is 0 Å². The lowest BCUT2D eigenvalue weighted by Crippen LogP contribution is -2.61. The molecule has 458 valence electrons. The van der Waals surface area contributed by atoms with E-state index in [9.17, 15) is 34.5 Å². The number of allylic oxidation sites excluding steroid dienone is 20. The predicted molar refractivity (Wildman–Crippen MR) is 330 cm³/mol. The summed E-state index contributed by atoms with van der Waals surface area (Å²) in [6.45, 7) is 5.70. The lowest BCUT2D eigenvalue weighted by atomic mass is 9.98. The Morgan fingerprint density at radius 3 is 1.20 bits per heavy atom. The standard InChI is InChI=1S/C69H110O12/c1-4-7-10-13-16-19-22-25-27-29-31-33-35-38-40-43-46-49-52-55-61(70)77-58-60(79-62(71)56-53-50-47-44-42-39-36-34-32-30-28-26-23-20-17-14-11-8-5-2)59-78-69-67(65(74)64(73)66(81-69)68(75)76)80-63(72)57-54-51-48-45-41-37-24-21-18-15-12-9-6-3/h7,9-10,12,16-21,25-28,31-34,37,41,60,64-67,69,73-74H,4-6,8,11,13-15,22-24,29-30,35-36,38-40,42-59H2,1-3H3,(H,75,76)/b10-7-,12-9-,19-16-,20-17-,21-18-,27-25-,28-26-,33-31-,34-32-,41-37-. The number of hydrogen-bond acceptors (Lipinski definition) is 11. The number of unbranched alkanes of at least 4 members (excludes halogenated alkanes) is 18. The molecule has 12 heteroatoms. The molecular formula is C69H110O12. The second-order valence-electron chi connectivity index (χ2n) is 20.9. The first-order valence-corrected chi connectivity index (χ1v) is 31.5. The Kier molecular flexibility index (Phi) is 50.9. The number of esters is 3. The number of aliphatic hydroxyl groups is 2. The second-order valence-corrected chi connectivity index (χ2v) is 20.9. The summed E-state index contributed by atoms with van der Waals surface area (Å²) in [5.74, 6) is -3.21. The summed E-state index contributed by atoms with van der Waals surface area (Å²) in [7, 11) is 0. The lowest BCUT2D eigenvalue weighted by molar-refractivity contribution is -0.301. The van der Waals surface area contributed by atoms with E-state index in [-0.39, 0.29) is 25.9 Å². The number of rotatable bonds is 52. The zero-order chi connectivity index (χ0) is 58.9. The predicted octanol–water partition coefficient (Wildman–Crippen LogP) is 16.8. The number of aliphatic carboxylic acids is 1. The molecule has 0 radical (unpaired) electrons. The minimum absolute atomic E-state index is 0.0161. The fraction of sp³-hybridized carbons (Fsp3) is 0.652. The van der Waals surface area contributed by atoms with Crippen LogP contribution in [0.2, 0.25) is 0 Å². The molecule has 12 nitrogen and oxygen atoms in total. The molecular weight excluding hydrogens is 1020 g/mol. The van der Waals surface area contributed by atoms with Gasteiger partial charge in [-0.2, -0.15) is 0 Å². The number of carbonyl (C=O) groups excluding carboxylic acids is 3. The van der Waals surface area contributed by atoms with Gasteiger partial charge in [0.15, 0.2) is 24.6 Å². The molecule has 1 fully saturated rings. The van der Waals surface area contributed by atoms with Gasteiger partial charge in [-0.3, -0.25) is 14.4 Å². The van der Waals surface area contributed by atoms with Gasteiger partial charge in [0.05, 0.1) is 6.61 Å². The minimum Gasteiger partial charge on any atom is -0.479 e. The summed E-state index contributed by atoms with van der Waals surface area (Å²) >= 11 is 0. The molecule has 0 aromatic rings. The summed E-state index contributed by atoms with van der Waals surface area (Å²) in [5.41, 5.74) is 0. The first kappa shape index (κ1) is 74.1. The van der Waals surface area contributed by atoms with Crippen LogP contribution in [0.5, 0.6) is 0 Å². The Balaban J connectivity index is 2.71. The monoisotopic (exact) mass is 1130 g/mol. The van der Waals surface area contributed by atoms with Gasteiger partial charge < -0.3 is 39.0 Å². The van der Waals surface area contributed by atoms with Crippen LogP contribution in [0.1, 0.15) is 239 Å². The van der Waals surface area contributed by atoms with Crippen LogP contribution >= 0.6 is 0 Å². The third-order valence-corrected chi connectivity index (χ3v) is 13.5. The molecule has 0 aromatic heterocycles. The molecule has 0 saturated carbocycles. The molecule has 0 spiro atoms. The van der Waals surface area contributed by atoms with E-state index in [1.54, 1.807) is 0 Å². The smallest absolute Gasteiger partial charge is 0.335 e. The maximum atomic E-state index is 13.2. The molecule has 1 rings (SSSR count). The molecule has 1 heterocycles. The van der Waals surface area contributed by atoms with E-state index in [2.05, 4.69) is 142 Å². The quantitative estimate of drug-likeness (QED) is 0.0228. The summed E-state index contributed by atoms with van der Waals surface area (Å²) in [4.78, 5) is 51.3. The first-order valence-electron chi connectivity index (χ1n) is 31.5. The molecule has 6 unspecified atom stereocenters. The van der Waals surface area contributed by atoms with Crippen molar-refractivity contribution in [3.05, 3.63) is 122 Å². The number of carboxylic acid groups (broad SMARTS) is 1. The highest BCUT2D eigenvalue weighted by atomic mass is 16.7. The van der Waals surface area contributed by atoms with E-state index in [0.717, 1.165) is 154 Å². The van der Waals surface area contributed by atoms with E-state index < -0.39 is 67.3 Å². The van der Waals surface area contributed by atoms with Crippen LogP contribution in [-0.2, 0) is 42.9 Å². The zero-order valence-corrected chi connectivity index (χ0v) is 50.5. The fourth-order valence-corrected chi connectivity index (χ4v) is 8.73. The molecule has 0 aromatic carbocycles. The summed E-state index contributed by atoms with van der Waals surface area (Å²) < 4.78 is 28.4. The van der Waals surface area contributed by atoms with Gasteiger partial charge in [0, 0.05) is 19.3 Å². The summed E-state index contributed by atoms with van der Waals surface area (Å²) in [5, 5.41) is 31.5. The minimum atomic E-state index is -1.92. The maximum Gasteiger partial charge on any atom is 0.335 e. The van der Waals surface area contributed by atoms with Crippen LogP contribution < -0.4 is 0 Å². The highest BCUT2D eigenvalue weighted by molar-refractivity contribution is 5.74. The zero-order valence-electron chi connectivity index (χ0n) is 50.5. The van der Waals surface area contributed by atoms with Crippen molar-refractivity contribution in [2.75, 3.05) is 13.2 Å². The van der Waals surface area contributed by atoms with Gasteiger partial charge in [-0.15, -0.1) is 0 Å². The molecule has 6 atom stereocenters. The van der Waals surface area contributed by atoms with Crippen molar-refractivity contribution in [2.24, 2.45) is 0 Å². The van der Waals surface area contributed by atoms with E-state index in [1.807, 2.05) is 0 Å². The van der Waals surface area contributed by atoms with Crippen LogP contribution in [0, 0.1) is 0 Å². The number of hydrogen-bond donors (Lipinski definition) is 3. The Morgan fingerprint density at radius 1 is 0.420 bits per heavy atom. The summed E-state index contributed by atoms with van der Waals surface area (Å²) in [6.07, 6.45) is 64.4. The maximum absolute atomic E-state index is 13.2. The SMILES string of the molecule is CC/C=C\C/C=C\C/C=C\C/C=C\CCCCCCCCC(=O)OCC(COC1OC(C(=O)O)C(O)C(O)C1OC(=O)CCCCC/C=C\C/C=C\C/C=C\CC)OC(=O)CCCCCCCC/C=C\C/C=C\C/C=C\CCCCC. The Bertz CT molecular complexity index is 1870. The van der Waals surface area contributed by atoms with Gasteiger partial charge in [-0.05, 0) is 128 Å².